The molecule has 3 N–H and O–H groups in total. The van der Waals surface area contributed by atoms with Gasteiger partial charge in [0.15, 0.2) is 0 Å². The van der Waals surface area contributed by atoms with E-state index in [0.717, 1.165) is 5.56 Å². The third-order valence-corrected chi connectivity index (χ3v) is 2.10. The molecule has 0 amide bonds. The highest BCUT2D eigenvalue weighted by molar-refractivity contribution is 5.09. The van der Waals surface area contributed by atoms with E-state index in [4.69, 9.17) is 5.73 Å². The Kier molecular flexibility index (Phi) is 4.31. The minimum atomic E-state index is -4.12. The van der Waals surface area contributed by atoms with Crippen LogP contribution in [0.2, 0.25) is 0 Å². The molecule has 0 fully saturated rings. The maximum atomic E-state index is 11.8. The van der Waals surface area contributed by atoms with E-state index in [9.17, 15) is 13.2 Å². The third kappa shape index (κ3) is 4.63. The minimum Gasteiger partial charge on any atom is -0.323 e. The lowest BCUT2D eigenvalue weighted by atomic mass is 10.2. The monoisotopic (exact) mass is 236 g/mol. The average Bonchev–Trinajstić information content (AvgIpc) is 2.57. The van der Waals surface area contributed by atoms with Crippen molar-refractivity contribution < 1.29 is 13.2 Å². The van der Waals surface area contributed by atoms with E-state index in [2.05, 4.69) is 10.4 Å². The van der Waals surface area contributed by atoms with Gasteiger partial charge in [-0.15, -0.1) is 0 Å². The highest BCUT2D eigenvalue weighted by Gasteiger charge is 2.26. The lowest BCUT2D eigenvalue weighted by Gasteiger charge is -2.11. The van der Waals surface area contributed by atoms with Crippen molar-refractivity contribution >= 4 is 0 Å². The molecule has 16 heavy (non-hydrogen) atoms. The summed E-state index contributed by atoms with van der Waals surface area (Å²) in [6.45, 7) is 0.194. The van der Waals surface area contributed by atoms with Crippen molar-refractivity contribution in [1.29, 1.82) is 0 Å². The van der Waals surface area contributed by atoms with Gasteiger partial charge in [-0.25, -0.2) is 0 Å². The van der Waals surface area contributed by atoms with E-state index in [0.29, 0.717) is 6.54 Å². The molecular formula is C9H15F3N4. The van der Waals surface area contributed by atoms with Crippen LogP contribution in [0.4, 0.5) is 13.2 Å². The molecule has 0 saturated heterocycles. The van der Waals surface area contributed by atoms with Gasteiger partial charge in [-0.2, -0.15) is 18.3 Å². The Labute approximate surface area is 91.6 Å². The molecule has 0 saturated carbocycles. The summed E-state index contributed by atoms with van der Waals surface area (Å²) in [6.07, 6.45) is -1.61. The summed E-state index contributed by atoms with van der Waals surface area (Å²) in [6, 6.07) is -0.332. The second-order valence-electron chi connectivity index (χ2n) is 3.62. The Balaban J connectivity index is 2.23. The van der Waals surface area contributed by atoms with Crippen molar-refractivity contribution in [2.45, 2.75) is 18.6 Å². The van der Waals surface area contributed by atoms with Crippen LogP contribution in [-0.2, 0) is 7.05 Å². The third-order valence-electron chi connectivity index (χ3n) is 2.10. The fourth-order valence-electron chi connectivity index (χ4n) is 1.24. The zero-order valence-electron chi connectivity index (χ0n) is 8.96. The molecule has 4 nitrogen and oxygen atoms in total. The molecule has 0 aliphatic rings. The molecule has 1 aromatic rings. The number of hydrogen-bond donors (Lipinski definition) is 2. The van der Waals surface area contributed by atoms with Gasteiger partial charge in [0, 0.05) is 37.9 Å². The lowest BCUT2D eigenvalue weighted by Crippen LogP contribution is -2.29. The van der Waals surface area contributed by atoms with Crippen LogP contribution in [0.15, 0.2) is 12.4 Å². The largest absolute Gasteiger partial charge is 0.390 e. The van der Waals surface area contributed by atoms with Gasteiger partial charge < -0.3 is 11.1 Å². The number of aromatic nitrogens is 2. The van der Waals surface area contributed by atoms with Crippen LogP contribution in [0.25, 0.3) is 0 Å². The highest BCUT2D eigenvalue weighted by atomic mass is 19.4. The predicted molar refractivity (Wildman–Crippen MR) is 53.7 cm³/mol. The average molecular weight is 236 g/mol. The fourth-order valence-corrected chi connectivity index (χ4v) is 1.24. The van der Waals surface area contributed by atoms with Crippen molar-refractivity contribution in [2.24, 2.45) is 12.8 Å². The molecule has 7 heteroatoms. The maximum absolute atomic E-state index is 11.8. The van der Waals surface area contributed by atoms with Crippen molar-refractivity contribution in [2.75, 3.05) is 13.1 Å². The van der Waals surface area contributed by atoms with Crippen LogP contribution < -0.4 is 11.1 Å². The molecule has 0 bridgehead atoms. The maximum Gasteiger partial charge on any atom is 0.390 e. The van der Waals surface area contributed by atoms with Gasteiger partial charge in [0.25, 0.3) is 0 Å². The summed E-state index contributed by atoms with van der Waals surface area (Å²) < 4.78 is 37.1. The molecule has 1 rings (SSSR count). The Hall–Kier alpha value is -1.08. The summed E-state index contributed by atoms with van der Waals surface area (Å²) in [5.74, 6) is 0. The van der Waals surface area contributed by atoms with Crippen LogP contribution in [0.3, 0.4) is 0 Å². The first-order valence-electron chi connectivity index (χ1n) is 4.90. The first-order chi connectivity index (χ1) is 7.38. The Bertz CT molecular complexity index is 321. The SMILES string of the molecule is Cn1cc(C(N)CNCCC(F)(F)F)cn1. The van der Waals surface area contributed by atoms with Crippen LogP contribution in [0.1, 0.15) is 18.0 Å². The van der Waals surface area contributed by atoms with Gasteiger partial charge in [-0.1, -0.05) is 0 Å². The molecule has 0 aliphatic carbocycles. The van der Waals surface area contributed by atoms with Crippen LogP contribution >= 0.6 is 0 Å². The summed E-state index contributed by atoms with van der Waals surface area (Å²) in [7, 11) is 1.76. The number of hydrogen-bond acceptors (Lipinski definition) is 3. The van der Waals surface area contributed by atoms with Crippen LogP contribution in [-0.4, -0.2) is 29.0 Å². The van der Waals surface area contributed by atoms with E-state index >= 15 is 0 Å². The van der Waals surface area contributed by atoms with Gasteiger partial charge in [-0.05, 0) is 0 Å². The molecule has 0 radical (unpaired) electrons. The van der Waals surface area contributed by atoms with E-state index in [1.54, 1.807) is 24.1 Å². The minimum absolute atomic E-state index is 0.114. The van der Waals surface area contributed by atoms with Gasteiger partial charge in [0.2, 0.25) is 0 Å². The highest BCUT2D eigenvalue weighted by Crippen LogP contribution is 2.18. The number of alkyl halides is 3. The standard InChI is InChI=1S/C9H15F3N4/c1-16-6-7(4-15-16)8(13)5-14-3-2-9(10,11)12/h4,6,8,14H,2-3,5,13H2,1H3. The predicted octanol–water partition coefficient (Wildman–Crippen LogP) is 0.962. The van der Waals surface area contributed by atoms with Crippen molar-refractivity contribution in [1.82, 2.24) is 15.1 Å². The summed E-state index contributed by atoms with van der Waals surface area (Å²) in [5.41, 5.74) is 6.57. The van der Waals surface area contributed by atoms with Crippen LogP contribution in [0.5, 0.6) is 0 Å². The normalized spacial score (nSPS) is 14.1. The zero-order chi connectivity index (χ0) is 12.2. The number of rotatable bonds is 5. The lowest BCUT2D eigenvalue weighted by molar-refractivity contribution is -0.133. The number of halogens is 3. The number of nitrogens with zero attached hydrogens (tertiary/aromatic N) is 2. The Morgan fingerprint density at radius 2 is 2.25 bits per heavy atom. The van der Waals surface area contributed by atoms with Gasteiger partial charge >= 0.3 is 6.18 Å². The second kappa shape index (κ2) is 5.31. The number of nitrogens with two attached hydrogens (primary N) is 1. The molecule has 1 unspecified atom stereocenters. The molecule has 0 spiro atoms. The van der Waals surface area contributed by atoms with E-state index in [1.807, 2.05) is 0 Å². The first kappa shape index (κ1) is 13.0. The van der Waals surface area contributed by atoms with Crippen molar-refractivity contribution in [3.8, 4) is 0 Å². The van der Waals surface area contributed by atoms with E-state index in [-0.39, 0.29) is 12.6 Å². The molecular weight excluding hydrogens is 221 g/mol. The smallest absolute Gasteiger partial charge is 0.323 e. The van der Waals surface area contributed by atoms with E-state index in [1.165, 1.54) is 0 Å². The summed E-state index contributed by atoms with van der Waals surface area (Å²) >= 11 is 0. The Morgan fingerprint density at radius 1 is 1.56 bits per heavy atom. The van der Waals surface area contributed by atoms with Crippen LogP contribution in [0, 0.1) is 0 Å². The number of nitrogens with one attached hydrogen (secondary N) is 1. The molecule has 1 heterocycles. The zero-order valence-corrected chi connectivity index (χ0v) is 8.96. The number of aryl methyl sites for hydroxylation is 1. The van der Waals surface area contributed by atoms with Gasteiger partial charge in [0.1, 0.15) is 0 Å². The molecule has 0 aromatic carbocycles. The first-order valence-corrected chi connectivity index (χ1v) is 4.90. The van der Waals surface area contributed by atoms with Crippen molar-refractivity contribution in [3.63, 3.8) is 0 Å². The topological polar surface area (TPSA) is 55.9 Å². The summed E-state index contributed by atoms with van der Waals surface area (Å²) in [5, 5.41) is 6.60. The quantitative estimate of drug-likeness (QED) is 0.749. The molecule has 92 valence electrons. The summed E-state index contributed by atoms with van der Waals surface area (Å²) in [4.78, 5) is 0. The van der Waals surface area contributed by atoms with Gasteiger partial charge in [0.05, 0.1) is 12.6 Å². The molecule has 1 atom stereocenters. The fraction of sp³-hybridized carbons (Fsp3) is 0.667. The van der Waals surface area contributed by atoms with E-state index < -0.39 is 12.6 Å². The second-order valence-corrected chi connectivity index (χ2v) is 3.62. The van der Waals surface area contributed by atoms with Crippen molar-refractivity contribution in [3.05, 3.63) is 18.0 Å². The van der Waals surface area contributed by atoms with Gasteiger partial charge in [-0.3, -0.25) is 4.68 Å². The molecule has 1 aromatic heterocycles. The molecule has 0 aliphatic heterocycles. The Morgan fingerprint density at radius 3 is 2.75 bits per heavy atom.